The molecule has 0 fully saturated rings. The average Bonchev–Trinajstić information content (AvgIpc) is 2.32. The number of benzene rings is 1. The van der Waals surface area contributed by atoms with Gasteiger partial charge in [-0.3, -0.25) is 4.79 Å². The second-order valence-electron chi connectivity index (χ2n) is 4.03. The summed E-state index contributed by atoms with van der Waals surface area (Å²) in [7, 11) is 0. The maximum atomic E-state index is 11.9. The first-order valence-corrected chi connectivity index (χ1v) is 6.41. The number of ketones is 1. The number of hydrogen-bond acceptors (Lipinski definition) is 4. The van der Waals surface area contributed by atoms with Gasteiger partial charge in [-0.05, 0) is 45.0 Å². The zero-order valence-electron chi connectivity index (χ0n) is 10.6. The summed E-state index contributed by atoms with van der Waals surface area (Å²) in [6.45, 7) is 4.83. The molecule has 0 bridgehead atoms. The summed E-state index contributed by atoms with van der Waals surface area (Å²) in [5.74, 6) is -0.857. The molecule has 1 aromatic rings. The highest BCUT2D eigenvalue weighted by molar-refractivity contribution is 9.10. The molecule has 1 unspecified atom stereocenters. The fraction of sp³-hybridized carbons (Fsp3) is 0.385. The van der Waals surface area contributed by atoms with E-state index in [1.165, 1.54) is 13.8 Å². The number of anilines is 1. The molecular formula is C13H16BrNO3. The van der Waals surface area contributed by atoms with Crippen LogP contribution in [0.3, 0.4) is 0 Å². The van der Waals surface area contributed by atoms with Crippen LogP contribution >= 0.6 is 15.9 Å². The fourth-order valence-corrected chi connectivity index (χ4v) is 1.64. The first kappa shape index (κ1) is 14.7. The molecule has 1 rings (SSSR count). The van der Waals surface area contributed by atoms with E-state index in [0.717, 1.165) is 4.47 Å². The van der Waals surface area contributed by atoms with Crippen molar-refractivity contribution in [3.63, 3.8) is 0 Å². The van der Waals surface area contributed by atoms with E-state index in [9.17, 15) is 9.59 Å². The Morgan fingerprint density at radius 2 is 1.89 bits per heavy atom. The molecule has 18 heavy (non-hydrogen) atoms. The molecule has 0 aliphatic carbocycles. The van der Waals surface area contributed by atoms with Crippen molar-refractivity contribution in [3.05, 3.63) is 28.7 Å². The molecule has 0 spiro atoms. The van der Waals surface area contributed by atoms with Gasteiger partial charge in [-0.25, -0.2) is 4.79 Å². The molecule has 1 aromatic carbocycles. The lowest BCUT2D eigenvalue weighted by atomic mass is 9.97. The Kier molecular flexibility index (Phi) is 4.90. The van der Waals surface area contributed by atoms with Gasteiger partial charge in [0.15, 0.2) is 11.3 Å². The molecule has 98 valence electrons. The second kappa shape index (κ2) is 6.00. The molecule has 1 N–H and O–H groups in total. The zero-order chi connectivity index (χ0) is 13.8. The van der Waals surface area contributed by atoms with Crippen molar-refractivity contribution in [2.24, 2.45) is 0 Å². The van der Waals surface area contributed by atoms with Gasteiger partial charge >= 0.3 is 5.97 Å². The third-order valence-corrected chi connectivity index (χ3v) is 3.16. The van der Waals surface area contributed by atoms with Crippen LogP contribution in [0, 0.1) is 0 Å². The molecule has 0 saturated heterocycles. The van der Waals surface area contributed by atoms with E-state index in [-0.39, 0.29) is 12.4 Å². The van der Waals surface area contributed by atoms with Crippen LogP contribution in [0.5, 0.6) is 0 Å². The smallest absolute Gasteiger partial charge is 0.339 e. The molecule has 0 heterocycles. The highest BCUT2D eigenvalue weighted by Gasteiger charge is 2.39. The van der Waals surface area contributed by atoms with Crippen molar-refractivity contribution < 1.29 is 14.3 Å². The number of ether oxygens (including phenoxy) is 1. The van der Waals surface area contributed by atoms with Gasteiger partial charge < -0.3 is 10.1 Å². The van der Waals surface area contributed by atoms with Gasteiger partial charge in [0.1, 0.15) is 0 Å². The number of carbonyl (C=O) groups is 2. The Hall–Kier alpha value is -1.36. The topological polar surface area (TPSA) is 55.4 Å². The summed E-state index contributed by atoms with van der Waals surface area (Å²) in [6, 6.07) is 7.22. The van der Waals surface area contributed by atoms with Crippen LogP contribution in [-0.4, -0.2) is 23.9 Å². The van der Waals surface area contributed by atoms with Crippen LogP contribution in [0.4, 0.5) is 5.69 Å². The number of nitrogens with one attached hydrogen (secondary N) is 1. The van der Waals surface area contributed by atoms with Gasteiger partial charge in [0.2, 0.25) is 0 Å². The van der Waals surface area contributed by atoms with Gasteiger partial charge in [0.25, 0.3) is 0 Å². The fourth-order valence-electron chi connectivity index (χ4n) is 1.38. The molecule has 0 saturated carbocycles. The van der Waals surface area contributed by atoms with Crippen molar-refractivity contribution in [3.8, 4) is 0 Å². The van der Waals surface area contributed by atoms with Crippen molar-refractivity contribution in [2.75, 3.05) is 11.9 Å². The van der Waals surface area contributed by atoms with Crippen molar-refractivity contribution in [2.45, 2.75) is 26.3 Å². The minimum absolute atomic E-state index is 0.240. The van der Waals surface area contributed by atoms with E-state index >= 15 is 0 Å². The van der Waals surface area contributed by atoms with E-state index in [1.807, 2.05) is 12.1 Å². The van der Waals surface area contributed by atoms with E-state index in [2.05, 4.69) is 21.2 Å². The monoisotopic (exact) mass is 313 g/mol. The predicted molar refractivity (Wildman–Crippen MR) is 73.5 cm³/mol. The third kappa shape index (κ3) is 3.32. The van der Waals surface area contributed by atoms with Gasteiger partial charge in [-0.1, -0.05) is 15.9 Å². The Bertz CT molecular complexity index is 444. The number of halogens is 1. The number of Topliss-reactive ketones (excluding diaryl/α,β-unsaturated/α-hetero) is 1. The predicted octanol–water partition coefficient (Wildman–Crippen LogP) is 2.77. The van der Waals surface area contributed by atoms with Crippen molar-refractivity contribution >= 4 is 33.4 Å². The highest BCUT2D eigenvalue weighted by atomic mass is 79.9. The summed E-state index contributed by atoms with van der Waals surface area (Å²) in [4.78, 5) is 23.5. The van der Waals surface area contributed by atoms with Crippen molar-refractivity contribution in [1.29, 1.82) is 0 Å². The molecule has 4 nitrogen and oxygen atoms in total. The summed E-state index contributed by atoms with van der Waals surface area (Å²) in [5, 5.41) is 2.92. The third-order valence-electron chi connectivity index (χ3n) is 2.63. The minimum atomic E-state index is -1.36. The molecular weight excluding hydrogens is 298 g/mol. The summed E-state index contributed by atoms with van der Waals surface area (Å²) >= 11 is 3.32. The normalized spacial score (nSPS) is 13.6. The van der Waals surface area contributed by atoms with Gasteiger partial charge in [-0.2, -0.15) is 0 Å². The summed E-state index contributed by atoms with van der Waals surface area (Å²) in [5.41, 5.74) is -0.673. The Labute approximate surface area is 115 Å². The number of rotatable bonds is 5. The maximum absolute atomic E-state index is 11.9. The minimum Gasteiger partial charge on any atom is -0.464 e. The molecule has 0 aliphatic rings. The molecule has 1 atom stereocenters. The van der Waals surface area contributed by atoms with Crippen LogP contribution in [0.1, 0.15) is 20.8 Å². The number of hydrogen-bond donors (Lipinski definition) is 1. The van der Waals surface area contributed by atoms with Gasteiger partial charge in [0, 0.05) is 10.2 Å². The number of esters is 1. The number of carbonyl (C=O) groups excluding carboxylic acids is 2. The van der Waals surface area contributed by atoms with E-state index in [0.29, 0.717) is 5.69 Å². The lowest BCUT2D eigenvalue weighted by molar-refractivity contribution is -0.151. The second-order valence-corrected chi connectivity index (χ2v) is 4.95. The zero-order valence-corrected chi connectivity index (χ0v) is 12.2. The van der Waals surface area contributed by atoms with E-state index in [1.54, 1.807) is 19.1 Å². The van der Waals surface area contributed by atoms with Crippen LogP contribution in [0.15, 0.2) is 28.7 Å². The SMILES string of the molecule is CCOC(=O)C(C)(Nc1ccc(Br)cc1)C(C)=O. The molecule has 0 aliphatic heterocycles. The van der Waals surface area contributed by atoms with Crippen molar-refractivity contribution in [1.82, 2.24) is 0 Å². The largest absolute Gasteiger partial charge is 0.464 e. The molecule has 0 radical (unpaired) electrons. The quantitative estimate of drug-likeness (QED) is 0.671. The van der Waals surface area contributed by atoms with Gasteiger partial charge in [0.05, 0.1) is 6.61 Å². The average molecular weight is 314 g/mol. The van der Waals surface area contributed by atoms with E-state index < -0.39 is 11.5 Å². The lowest BCUT2D eigenvalue weighted by Gasteiger charge is -2.26. The maximum Gasteiger partial charge on any atom is 0.339 e. The molecule has 0 amide bonds. The summed E-state index contributed by atoms with van der Waals surface area (Å²) < 4.78 is 5.86. The Balaban J connectivity index is 2.96. The molecule has 5 heteroatoms. The van der Waals surface area contributed by atoms with Crippen LogP contribution in [0.25, 0.3) is 0 Å². The lowest BCUT2D eigenvalue weighted by Crippen LogP contribution is -2.50. The van der Waals surface area contributed by atoms with Crippen LogP contribution in [-0.2, 0) is 14.3 Å². The Morgan fingerprint density at radius 1 is 1.33 bits per heavy atom. The van der Waals surface area contributed by atoms with Gasteiger partial charge in [-0.15, -0.1) is 0 Å². The van der Waals surface area contributed by atoms with E-state index in [4.69, 9.17) is 4.74 Å². The first-order valence-electron chi connectivity index (χ1n) is 5.62. The van der Waals surface area contributed by atoms with Crippen LogP contribution < -0.4 is 5.32 Å². The van der Waals surface area contributed by atoms with Crippen LogP contribution in [0.2, 0.25) is 0 Å². The molecule has 0 aromatic heterocycles. The highest BCUT2D eigenvalue weighted by Crippen LogP contribution is 2.20. The summed E-state index contributed by atoms with van der Waals surface area (Å²) in [6.07, 6.45) is 0. The first-order chi connectivity index (χ1) is 8.40. The standard InChI is InChI=1S/C13H16BrNO3/c1-4-18-12(17)13(3,9(2)16)15-11-7-5-10(14)6-8-11/h5-8,15H,4H2,1-3H3. The Morgan fingerprint density at radius 3 is 2.33 bits per heavy atom.